The summed E-state index contributed by atoms with van der Waals surface area (Å²) in [4.78, 5) is 11.3. The van der Waals surface area contributed by atoms with Crippen LogP contribution in [0.3, 0.4) is 0 Å². The van der Waals surface area contributed by atoms with E-state index in [1.165, 1.54) is 4.57 Å². The van der Waals surface area contributed by atoms with E-state index >= 15 is 0 Å². The highest BCUT2D eigenvalue weighted by Gasteiger charge is 2.11. The van der Waals surface area contributed by atoms with Gasteiger partial charge in [0.15, 0.2) is 5.58 Å². The average Bonchev–Trinajstić information content (AvgIpc) is 2.62. The highest BCUT2D eigenvalue weighted by Crippen LogP contribution is 2.22. The van der Waals surface area contributed by atoms with Crippen molar-refractivity contribution in [2.75, 3.05) is 6.61 Å². The molecule has 0 fully saturated rings. The molecule has 2 rings (SSSR count). The van der Waals surface area contributed by atoms with Gasteiger partial charge in [0, 0.05) is 13.7 Å². The van der Waals surface area contributed by atoms with E-state index in [9.17, 15) is 9.90 Å². The average molecular weight is 237 g/mol. The van der Waals surface area contributed by atoms with Crippen LogP contribution < -0.4 is 5.76 Å². The quantitative estimate of drug-likeness (QED) is 0.829. The van der Waals surface area contributed by atoms with Gasteiger partial charge in [-0.2, -0.15) is 0 Å². The molecule has 0 saturated heterocycles. The molecule has 17 heavy (non-hydrogen) atoms. The molecule has 1 aromatic carbocycles. The fourth-order valence-electron chi connectivity index (χ4n) is 1.80. The molecule has 0 saturated carbocycles. The fraction of sp³-hybridized carbons (Fsp3) is 0.417. The number of aliphatic hydroxyl groups is 2. The van der Waals surface area contributed by atoms with Gasteiger partial charge >= 0.3 is 5.76 Å². The van der Waals surface area contributed by atoms with E-state index in [1.807, 2.05) is 0 Å². The van der Waals surface area contributed by atoms with Crippen LogP contribution in [0.5, 0.6) is 0 Å². The first-order valence-electron chi connectivity index (χ1n) is 5.52. The maximum atomic E-state index is 11.3. The third-order valence-electron chi connectivity index (χ3n) is 2.84. The van der Waals surface area contributed by atoms with E-state index in [-0.39, 0.29) is 6.61 Å². The second-order valence-electron chi connectivity index (χ2n) is 4.04. The minimum absolute atomic E-state index is 0.0590. The van der Waals surface area contributed by atoms with Crippen molar-refractivity contribution >= 4 is 11.1 Å². The summed E-state index contributed by atoms with van der Waals surface area (Å²) in [6, 6.07) is 5.14. The molecule has 92 valence electrons. The summed E-state index contributed by atoms with van der Waals surface area (Å²) in [7, 11) is 1.62. The summed E-state index contributed by atoms with van der Waals surface area (Å²) in [5, 5.41) is 18.6. The van der Waals surface area contributed by atoms with Crippen LogP contribution in [0, 0.1) is 0 Å². The first kappa shape index (κ1) is 11.9. The van der Waals surface area contributed by atoms with Crippen molar-refractivity contribution in [2.24, 2.45) is 7.05 Å². The molecule has 2 N–H and O–H groups in total. The Bertz CT molecular complexity index is 569. The molecule has 5 nitrogen and oxygen atoms in total. The molecule has 0 aliphatic rings. The highest BCUT2D eigenvalue weighted by atomic mass is 16.4. The van der Waals surface area contributed by atoms with E-state index in [4.69, 9.17) is 9.52 Å². The second kappa shape index (κ2) is 4.73. The molecule has 2 aromatic rings. The molecule has 0 spiro atoms. The van der Waals surface area contributed by atoms with Gasteiger partial charge in [-0.25, -0.2) is 4.79 Å². The predicted octanol–water partition coefficient (Wildman–Crippen LogP) is 0.937. The Hall–Kier alpha value is -1.59. The molecule has 1 heterocycles. The van der Waals surface area contributed by atoms with Gasteiger partial charge in [0.1, 0.15) is 0 Å². The Balaban J connectivity index is 2.36. The van der Waals surface area contributed by atoms with Gasteiger partial charge in [0.25, 0.3) is 0 Å². The van der Waals surface area contributed by atoms with E-state index in [2.05, 4.69) is 0 Å². The van der Waals surface area contributed by atoms with Crippen molar-refractivity contribution in [3.05, 3.63) is 34.3 Å². The van der Waals surface area contributed by atoms with Crippen LogP contribution in [0.15, 0.2) is 27.4 Å². The van der Waals surface area contributed by atoms with Gasteiger partial charge in [-0.3, -0.25) is 4.57 Å². The zero-order valence-electron chi connectivity index (χ0n) is 9.59. The van der Waals surface area contributed by atoms with Gasteiger partial charge in [-0.1, -0.05) is 6.07 Å². The number of fused-ring (bicyclic) bond motifs is 1. The minimum atomic E-state index is -0.628. The maximum Gasteiger partial charge on any atom is 0.419 e. The van der Waals surface area contributed by atoms with Crippen molar-refractivity contribution in [3.8, 4) is 0 Å². The summed E-state index contributed by atoms with van der Waals surface area (Å²) in [5.74, 6) is -0.415. The summed E-state index contributed by atoms with van der Waals surface area (Å²) in [5.41, 5.74) is 1.90. The first-order valence-corrected chi connectivity index (χ1v) is 5.52. The van der Waals surface area contributed by atoms with Gasteiger partial charge in [-0.05, 0) is 30.5 Å². The Kier molecular flexibility index (Phi) is 3.31. The molecule has 0 radical (unpaired) electrons. The fourth-order valence-corrected chi connectivity index (χ4v) is 1.80. The molecule has 1 atom stereocenters. The number of rotatable bonds is 4. The largest absolute Gasteiger partial charge is 0.419 e. The monoisotopic (exact) mass is 237 g/mol. The lowest BCUT2D eigenvalue weighted by molar-refractivity contribution is 0.152. The van der Waals surface area contributed by atoms with E-state index < -0.39 is 11.9 Å². The lowest BCUT2D eigenvalue weighted by atomic mass is 10.0. The van der Waals surface area contributed by atoms with Crippen LogP contribution >= 0.6 is 0 Å². The molecule has 1 unspecified atom stereocenters. The predicted molar refractivity (Wildman–Crippen MR) is 62.7 cm³/mol. The molecule has 0 aliphatic heterocycles. The van der Waals surface area contributed by atoms with Crippen molar-refractivity contribution < 1.29 is 14.6 Å². The van der Waals surface area contributed by atoms with Crippen molar-refractivity contribution in [1.29, 1.82) is 0 Å². The van der Waals surface area contributed by atoms with Crippen molar-refractivity contribution in [3.63, 3.8) is 0 Å². The van der Waals surface area contributed by atoms with Crippen LogP contribution in [0.1, 0.15) is 24.5 Å². The zero-order chi connectivity index (χ0) is 12.4. The molecule has 0 amide bonds. The number of hydrogen-bond acceptors (Lipinski definition) is 4. The molecule has 0 bridgehead atoms. The number of hydrogen-bond donors (Lipinski definition) is 2. The van der Waals surface area contributed by atoms with E-state index in [1.54, 1.807) is 25.2 Å². The van der Waals surface area contributed by atoms with Crippen LogP contribution in [0.4, 0.5) is 0 Å². The van der Waals surface area contributed by atoms with Gasteiger partial charge in [0.05, 0.1) is 11.6 Å². The summed E-state index contributed by atoms with van der Waals surface area (Å²) < 4.78 is 6.40. The second-order valence-corrected chi connectivity index (χ2v) is 4.04. The maximum absolute atomic E-state index is 11.3. The Morgan fingerprint density at radius 1 is 1.47 bits per heavy atom. The number of aliphatic hydroxyl groups excluding tert-OH is 2. The Labute approximate surface area is 97.9 Å². The van der Waals surface area contributed by atoms with Crippen molar-refractivity contribution in [2.45, 2.75) is 18.9 Å². The smallest absolute Gasteiger partial charge is 0.408 e. The summed E-state index contributed by atoms with van der Waals surface area (Å²) >= 11 is 0. The Morgan fingerprint density at radius 3 is 2.94 bits per heavy atom. The normalized spacial score (nSPS) is 13.1. The number of aryl methyl sites for hydroxylation is 1. The Morgan fingerprint density at radius 2 is 2.24 bits per heavy atom. The van der Waals surface area contributed by atoms with Crippen LogP contribution in [-0.2, 0) is 7.05 Å². The van der Waals surface area contributed by atoms with Crippen LogP contribution in [-0.4, -0.2) is 21.4 Å². The first-order chi connectivity index (χ1) is 8.13. The minimum Gasteiger partial charge on any atom is -0.408 e. The number of benzene rings is 1. The third-order valence-corrected chi connectivity index (χ3v) is 2.84. The SMILES string of the molecule is Cn1c(=O)oc2ccc(C(O)CCCO)cc21. The number of aromatic nitrogens is 1. The topological polar surface area (TPSA) is 75.6 Å². The molecule has 0 aliphatic carbocycles. The van der Waals surface area contributed by atoms with Crippen LogP contribution in [0.2, 0.25) is 0 Å². The van der Waals surface area contributed by atoms with Crippen molar-refractivity contribution in [1.82, 2.24) is 4.57 Å². The van der Waals surface area contributed by atoms with Crippen LogP contribution in [0.25, 0.3) is 11.1 Å². The summed E-state index contributed by atoms with van der Waals surface area (Å²) in [6.45, 7) is 0.0590. The number of oxazole rings is 1. The van der Waals surface area contributed by atoms with Gasteiger partial charge in [-0.15, -0.1) is 0 Å². The standard InChI is InChI=1S/C12H15NO4/c1-13-9-7-8(10(15)3-2-6-14)4-5-11(9)17-12(13)16/h4-5,7,10,14-15H,2-3,6H2,1H3. The molecule has 5 heteroatoms. The molecular formula is C12H15NO4. The zero-order valence-corrected chi connectivity index (χ0v) is 9.59. The van der Waals surface area contributed by atoms with Gasteiger partial charge in [0.2, 0.25) is 0 Å². The number of nitrogens with zero attached hydrogens (tertiary/aromatic N) is 1. The summed E-state index contributed by atoms with van der Waals surface area (Å²) in [6.07, 6.45) is 0.411. The lowest BCUT2D eigenvalue weighted by Crippen LogP contribution is -2.08. The lowest BCUT2D eigenvalue weighted by Gasteiger charge is -2.09. The third kappa shape index (κ3) is 2.25. The molecule has 1 aromatic heterocycles. The van der Waals surface area contributed by atoms with E-state index in [0.29, 0.717) is 23.9 Å². The van der Waals surface area contributed by atoms with Gasteiger partial charge < -0.3 is 14.6 Å². The molecular weight excluding hydrogens is 222 g/mol. The van der Waals surface area contributed by atoms with E-state index in [0.717, 1.165) is 5.56 Å². The highest BCUT2D eigenvalue weighted by molar-refractivity contribution is 5.73.